The summed E-state index contributed by atoms with van der Waals surface area (Å²) in [5, 5.41) is 6.06. The molecule has 1 fully saturated rings. The molecule has 1 heterocycles. The molecule has 2 unspecified atom stereocenters. The van der Waals surface area contributed by atoms with Crippen LogP contribution in [0.15, 0.2) is 22.7 Å². The molecule has 2 N–H and O–H groups in total. The van der Waals surface area contributed by atoms with E-state index in [0.29, 0.717) is 13.2 Å². The summed E-state index contributed by atoms with van der Waals surface area (Å²) in [4.78, 5) is 12.2. The topological polar surface area (TPSA) is 50.4 Å². The predicted molar refractivity (Wildman–Crippen MR) is 74.7 cm³/mol. The number of likely N-dealkylation sites (N-methyl/N-ethyl adjacent to an activating group) is 1. The number of rotatable bonds is 3. The van der Waals surface area contributed by atoms with Gasteiger partial charge in [-0.15, -0.1) is 0 Å². The average molecular weight is 313 g/mol. The molecule has 1 aliphatic rings. The Balaban J connectivity index is 2.09. The van der Waals surface area contributed by atoms with Crippen molar-refractivity contribution in [2.75, 3.05) is 25.6 Å². The van der Waals surface area contributed by atoms with E-state index in [1.807, 2.05) is 32.2 Å². The van der Waals surface area contributed by atoms with Crippen molar-refractivity contribution in [3.05, 3.63) is 28.2 Å². The summed E-state index contributed by atoms with van der Waals surface area (Å²) in [5.41, 5.74) is 1.90. The molecule has 0 saturated carbocycles. The SMILES string of the molecule is CNC1COCC1C(=O)Nc1cccc(C)c1Br. The number of anilines is 1. The number of nitrogens with one attached hydrogen (secondary N) is 2. The summed E-state index contributed by atoms with van der Waals surface area (Å²) >= 11 is 3.49. The van der Waals surface area contributed by atoms with E-state index in [2.05, 4.69) is 26.6 Å². The minimum absolute atomic E-state index is 0.00171. The number of aryl methyl sites for hydroxylation is 1. The van der Waals surface area contributed by atoms with Crippen LogP contribution in [-0.2, 0) is 9.53 Å². The van der Waals surface area contributed by atoms with Crippen LogP contribution in [0.25, 0.3) is 0 Å². The zero-order chi connectivity index (χ0) is 13.1. The molecule has 0 spiro atoms. The van der Waals surface area contributed by atoms with Gasteiger partial charge in [-0.25, -0.2) is 0 Å². The number of hydrogen-bond donors (Lipinski definition) is 2. The van der Waals surface area contributed by atoms with Gasteiger partial charge in [0, 0.05) is 10.5 Å². The number of halogens is 1. The third-order valence-corrected chi connectivity index (χ3v) is 4.29. The molecule has 1 amide bonds. The first-order valence-electron chi connectivity index (χ1n) is 5.94. The maximum atomic E-state index is 12.2. The third kappa shape index (κ3) is 2.74. The van der Waals surface area contributed by atoms with E-state index in [-0.39, 0.29) is 17.9 Å². The fourth-order valence-corrected chi connectivity index (χ4v) is 2.43. The number of carbonyl (C=O) groups is 1. The molecule has 1 aromatic carbocycles. The molecule has 1 aromatic rings. The Bertz CT molecular complexity index is 451. The van der Waals surface area contributed by atoms with E-state index < -0.39 is 0 Å². The lowest BCUT2D eigenvalue weighted by Crippen LogP contribution is -2.39. The lowest BCUT2D eigenvalue weighted by Gasteiger charge is -2.17. The molecule has 1 saturated heterocycles. The van der Waals surface area contributed by atoms with Gasteiger partial charge in [-0.3, -0.25) is 4.79 Å². The molecule has 98 valence electrons. The molecule has 1 aliphatic heterocycles. The van der Waals surface area contributed by atoms with E-state index in [0.717, 1.165) is 15.7 Å². The van der Waals surface area contributed by atoms with Gasteiger partial charge in [0.15, 0.2) is 0 Å². The van der Waals surface area contributed by atoms with E-state index in [1.165, 1.54) is 0 Å². The van der Waals surface area contributed by atoms with Gasteiger partial charge in [0.1, 0.15) is 0 Å². The van der Waals surface area contributed by atoms with Crippen molar-refractivity contribution < 1.29 is 9.53 Å². The molecular formula is C13H17BrN2O2. The molecule has 4 nitrogen and oxygen atoms in total. The Hall–Kier alpha value is -0.910. The van der Waals surface area contributed by atoms with Crippen molar-refractivity contribution in [3.8, 4) is 0 Å². The van der Waals surface area contributed by atoms with Gasteiger partial charge in [0.05, 0.1) is 24.8 Å². The summed E-state index contributed by atoms with van der Waals surface area (Å²) in [6.45, 7) is 3.05. The number of amides is 1. The largest absolute Gasteiger partial charge is 0.379 e. The predicted octanol–water partition coefficient (Wildman–Crippen LogP) is 1.93. The summed E-state index contributed by atoms with van der Waals surface area (Å²) < 4.78 is 6.27. The maximum absolute atomic E-state index is 12.2. The van der Waals surface area contributed by atoms with Crippen LogP contribution in [0.2, 0.25) is 0 Å². The molecule has 0 radical (unpaired) electrons. The normalized spacial score (nSPS) is 23.1. The van der Waals surface area contributed by atoms with Gasteiger partial charge in [0.25, 0.3) is 0 Å². The molecule has 0 aromatic heterocycles. The Kier molecular flexibility index (Phi) is 4.37. The van der Waals surface area contributed by atoms with E-state index in [9.17, 15) is 4.79 Å². The average Bonchev–Trinajstić information content (AvgIpc) is 2.83. The van der Waals surface area contributed by atoms with Crippen LogP contribution in [0.5, 0.6) is 0 Å². The van der Waals surface area contributed by atoms with Crippen molar-refractivity contribution in [1.29, 1.82) is 0 Å². The van der Waals surface area contributed by atoms with Crippen molar-refractivity contribution in [2.24, 2.45) is 5.92 Å². The van der Waals surface area contributed by atoms with Gasteiger partial charge in [-0.2, -0.15) is 0 Å². The highest BCUT2D eigenvalue weighted by atomic mass is 79.9. The number of benzene rings is 1. The summed E-state index contributed by atoms with van der Waals surface area (Å²) in [6.07, 6.45) is 0. The summed E-state index contributed by atoms with van der Waals surface area (Å²) in [7, 11) is 1.85. The van der Waals surface area contributed by atoms with Crippen LogP contribution in [0.1, 0.15) is 5.56 Å². The van der Waals surface area contributed by atoms with Crippen molar-refractivity contribution in [2.45, 2.75) is 13.0 Å². The number of ether oxygens (including phenoxy) is 1. The second-order valence-corrected chi connectivity index (χ2v) is 5.26. The van der Waals surface area contributed by atoms with Gasteiger partial charge in [0.2, 0.25) is 5.91 Å². The molecule has 2 atom stereocenters. The van der Waals surface area contributed by atoms with Crippen LogP contribution >= 0.6 is 15.9 Å². The van der Waals surface area contributed by atoms with Gasteiger partial charge in [-0.1, -0.05) is 12.1 Å². The van der Waals surface area contributed by atoms with Crippen LogP contribution < -0.4 is 10.6 Å². The fourth-order valence-electron chi connectivity index (χ4n) is 2.07. The highest BCUT2D eigenvalue weighted by Gasteiger charge is 2.33. The van der Waals surface area contributed by atoms with Crippen molar-refractivity contribution in [1.82, 2.24) is 5.32 Å². The highest BCUT2D eigenvalue weighted by molar-refractivity contribution is 9.10. The summed E-state index contributed by atoms with van der Waals surface area (Å²) in [6, 6.07) is 5.90. The molecule has 18 heavy (non-hydrogen) atoms. The number of carbonyl (C=O) groups excluding carboxylic acids is 1. The molecule has 0 bridgehead atoms. The Morgan fingerprint density at radius 2 is 2.22 bits per heavy atom. The van der Waals surface area contributed by atoms with Crippen LogP contribution in [0, 0.1) is 12.8 Å². The number of hydrogen-bond acceptors (Lipinski definition) is 3. The minimum atomic E-state index is -0.137. The van der Waals surface area contributed by atoms with E-state index in [4.69, 9.17) is 4.74 Å². The zero-order valence-electron chi connectivity index (χ0n) is 10.5. The highest BCUT2D eigenvalue weighted by Crippen LogP contribution is 2.26. The molecular weight excluding hydrogens is 296 g/mol. The first kappa shape index (κ1) is 13.5. The lowest BCUT2D eigenvalue weighted by atomic mass is 10.0. The second-order valence-electron chi connectivity index (χ2n) is 4.46. The monoisotopic (exact) mass is 312 g/mol. The quantitative estimate of drug-likeness (QED) is 0.896. The molecule has 2 rings (SSSR count). The Labute approximate surface area is 115 Å². The smallest absolute Gasteiger partial charge is 0.231 e. The minimum Gasteiger partial charge on any atom is -0.379 e. The van der Waals surface area contributed by atoms with Gasteiger partial charge >= 0.3 is 0 Å². The van der Waals surface area contributed by atoms with Crippen LogP contribution in [0.3, 0.4) is 0 Å². The lowest BCUT2D eigenvalue weighted by molar-refractivity contribution is -0.120. The Morgan fingerprint density at radius 1 is 1.44 bits per heavy atom. The first-order valence-corrected chi connectivity index (χ1v) is 6.73. The first-order chi connectivity index (χ1) is 8.63. The molecule has 5 heteroatoms. The van der Waals surface area contributed by atoms with Crippen LogP contribution in [0.4, 0.5) is 5.69 Å². The fraction of sp³-hybridized carbons (Fsp3) is 0.462. The molecule has 0 aliphatic carbocycles. The maximum Gasteiger partial charge on any atom is 0.231 e. The summed E-state index contributed by atoms with van der Waals surface area (Å²) in [5.74, 6) is -0.138. The Morgan fingerprint density at radius 3 is 2.94 bits per heavy atom. The van der Waals surface area contributed by atoms with Crippen molar-refractivity contribution >= 4 is 27.5 Å². The van der Waals surface area contributed by atoms with E-state index >= 15 is 0 Å². The van der Waals surface area contributed by atoms with Gasteiger partial charge < -0.3 is 15.4 Å². The van der Waals surface area contributed by atoms with E-state index in [1.54, 1.807) is 0 Å². The standard InChI is InChI=1S/C13H17BrN2O2/c1-8-4-3-5-10(12(8)14)16-13(17)9-6-18-7-11(9)15-2/h3-5,9,11,15H,6-7H2,1-2H3,(H,16,17). The van der Waals surface area contributed by atoms with Gasteiger partial charge in [-0.05, 0) is 41.5 Å². The second kappa shape index (κ2) is 5.82. The third-order valence-electron chi connectivity index (χ3n) is 3.24. The van der Waals surface area contributed by atoms with Crippen LogP contribution in [-0.4, -0.2) is 32.2 Å². The zero-order valence-corrected chi connectivity index (χ0v) is 12.1. The van der Waals surface area contributed by atoms with Crippen molar-refractivity contribution in [3.63, 3.8) is 0 Å².